The topological polar surface area (TPSA) is 81.9 Å². The van der Waals surface area contributed by atoms with Crippen LogP contribution in [0.1, 0.15) is 29.4 Å². The molecule has 1 amide bonds. The Hall–Kier alpha value is -2.98. The maximum Gasteiger partial charge on any atom is 0.261 e. The average molecular weight is 372 g/mol. The molecule has 26 heavy (non-hydrogen) atoms. The minimum atomic E-state index is -0.709. The first kappa shape index (κ1) is 17.8. The number of nitrogens with one attached hydrogen (secondary N) is 1. The molecule has 0 spiro atoms. The molecule has 2 heterocycles. The second-order valence-electron chi connectivity index (χ2n) is 5.87. The van der Waals surface area contributed by atoms with Crippen molar-refractivity contribution in [2.75, 3.05) is 18.4 Å². The second kappa shape index (κ2) is 7.50. The van der Waals surface area contributed by atoms with Crippen LogP contribution in [0.3, 0.4) is 0 Å². The molecule has 3 rings (SSSR count). The molecular weight excluding hydrogens is 357 g/mol. The summed E-state index contributed by atoms with van der Waals surface area (Å²) in [5.41, 5.74) is 2.50. The van der Waals surface area contributed by atoms with Crippen molar-refractivity contribution in [3.8, 4) is 6.19 Å². The summed E-state index contributed by atoms with van der Waals surface area (Å²) >= 11 is 5.89. The number of nitriles is 1. The zero-order chi connectivity index (χ0) is 18.7. The minimum absolute atomic E-state index is 0.0201. The standard InChI is InChI=1S/C18H15ClFN5O/c1-11-5-6-25(10-21)9-12(11)15-7-23-16(8-22-15)24-18(26)17-13(19)3-2-4-14(17)20/h2-4,7-8H,5-6,9H2,1H3,(H,23,24,26). The largest absolute Gasteiger partial charge is 0.306 e. The highest BCUT2D eigenvalue weighted by molar-refractivity contribution is 6.34. The number of halogens is 2. The van der Waals surface area contributed by atoms with Crippen LogP contribution in [0, 0.1) is 17.3 Å². The molecule has 0 saturated heterocycles. The molecule has 0 aliphatic carbocycles. The Kier molecular flexibility index (Phi) is 5.14. The molecule has 1 N–H and O–H groups in total. The summed E-state index contributed by atoms with van der Waals surface area (Å²) < 4.78 is 13.8. The molecule has 0 saturated carbocycles. The van der Waals surface area contributed by atoms with E-state index in [9.17, 15) is 9.18 Å². The van der Waals surface area contributed by atoms with E-state index in [1.54, 1.807) is 4.90 Å². The SMILES string of the molecule is CC1=C(c2cnc(NC(=O)c3c(F)cccc3Cl)cn2)CN(C#N)CC1. The van der Waals surface area contributed by atoms with Gasteiger partial charge in [-0.15, -0.1) is 0 Å². The quantitative estimate of drug-likeness (QED) is 0.835. The first-order valence-electron chi connectivity index (χ1n) is 7.90. The van der Waals surface area contributed by atoms with Gasteiger partial charge in [-0.3, -0.25) is 9.78 Å². The van der Waals surface area contributed by atoms with E-state index in [-0.39, 0.29) is 16.4 Å². The average Bonchev–Trinajstić information content (AvgIpc) is 2.63. The Morgan fingerprint density at radius 3 is 2.85 bits per heavy atom. The van der Waals surface area contributed by atoms with E-state index in [4.69, 9.17) is 16.9 Å². The lowest BCUT2D eigenvalue weighted by Gasteiger charge is -2.25. The molecule has 1 aliphatic heterocycles. The number of aromatic nitrogens is 2. The van der Waals surface area contributed by atoms with E-state index in [1.165, 1.54) is 24.5 Å². The Bertz CT molecular complexity index is 900. The fourth-order valence-electron chi connectivity index (χ4n) is 2.69. The number of benzene rings is 1. The van der Waals surface area contributed by atoms with Crippen LogP contribution in [0.25, 0.3) is 5.57 Å². The predicted octanol–water partition coefficient (Wildman–Crippen LogP) is 3.48. The zero-order valence-electron chi connectivity index (χ0n) is 14.0. The van der Waals surface area contributed by atoms with Crippen molar-refractivity contribution in [2.24, 2.45) is 0 Å². The van der Waals surface area contributed by atoms with Crippen LogP contribution in [0.2, 0.25) is 5.02 Å². The van der Waals surface area contributed by atoms with Gasteiger partial charge in [0, 0.05) is 6.54 Å². The number of rotatable bonds is 3. The summed E-state index contributed by atoms with van der Waals surface area (Å²) in [6.45, 7) is 3.17. The molecule has 132 valence electrons. The Morgan fingerprint density at radius 1 is 1.38 bits per heavy atom. The summed E-state index contributed by atoms with van der Waals surface area (Å²) in [6.07, 6.45) is 5.85. The van der Waals surface area contributed by atoms with Gasteiger partial charge in [0.1, 0.15) is 5.82 Å². The van der Waals surface area contributed by atoms with Gasteiger partial charge in [0.05, 0.1) is 35.2 Å². The van der Waals surface area contributed by atoms with Crippen molar-refractivity contribution >= 4 is 28.9 Å². The van der Waals surface area contributed by atoms with E-state index in [1.807, 2.05) is 6.92 Å². The summed E-state index contributed by atoms with van der Waals surface area (Å²) in [4.78, 5) is 22.4. The van der Waals surface area contributed by atoms with Crippen molar-refractivity contribution < 1.29 is 9.18 Å². The molecule has 1 aromatic carbocycles. The normalized spacial score (nSPS) is 14.2. The Labute approximate surface area is 154 Å². The highest BCUT2D eigenvalue weighted by atomic mass is 35.5. The molecule has 0 bridgehead atoms. The number of carbonyl (C=O) groups excluding carboxylic acids is 1. The van der Waals surface area contributed by atoms with Crippen LogP contribution in [-0.2, 0) is 0 Å². The first-order chi connectivity index (χ1) is 12.5. The van der Waals surface area contributed by atoms with Crippen molar-refractivity contribution in [2.45, 2.75) is 13.3 Å². The third kappa shape index (κ3) is 3.65. The predicted molar refractivity (Wildman–Crippen MR) is 95.8 cm³/mol. The van der Waals surface area contributed by atoms with Crippen LogP contribution < -0.4 is 5.32 Å². The molecule has 2 aromatic rings. The van der Waals surface area contributed by atoms with Gasteiger partial charge >= 0.3 is 0 Å². The number of carbonyl (C=O) groups is 1. The number of hydrogen-bond acceptors (Lipinski definition) is 5. The van der Waals surface area contributed by atoms with Gasteiger partial charge in [-0.2, -0.15) is 5.26 Å². The zero-order valence-corrected chi connectivity index (χ0v) is 14.7. The summed E-state index contributed by atoms with van der Waals surface area (Å²) in [5.74, 6) is -1.22. The molecular formula is C18H15ClFN5O. The Balaban J connectivity index is 1.78. The number of anilines is 1. The molecule has 0 unspecified atom stereocenters. The molecule has 1 aromatic heterocycles. The van der Waals surface area contributed by atoms with E-state index in [0.717, 1.165) is 23.6 Å². The van der Waals surface area contributed by atoms with Crippen LogP contribution in [0.4, 0.5) is 10.2 Å². The second-order valence-corrected chi connectivity index (χ2v) is 6.28. The van der Waals surface area contributed by atoms with E-state index in [0.29, 0.717) is 18.8 Å². The summed E-state index contributed by atoms with van der Waals surface area (Å²) in [7, 11) is 0. The lowest BCUT2D eigenvalue weighted by Crippen LogP contribution is -2.26. The van der Waals surface area contributed by atoms with E-state index < -0.39 is 11.7 Å². The Morgan fingerprint density at radius 2 is 2.19 bits per heavy atom. The lowest BCUT2D eigenvalue weighted by atomic mass is 9.99. The molecule has 6 nitrogen and oxygen atoms in total. The number of hydrogen-bond donors (Lipinski definition) is 1. The van der Waals surface area contributed by atoms with Crippen LogP contribution in [-0.4, -0.2) is 33.9 Å². The van der Waals surface area contributed by atoms with Crippen molar-refractivity contribution in [1.29, 1.82) is 5.26 Å². The summed E-state index contributed by atoms with van der Waals surface area (Å²) in [6, 6.07) is 4.02. The number of nitrogens with zero attached hydrogens (tertiary/aromatic N) is 4. The third-order valence-electron chi connectivity index (χ3n) is 4.15. The fraction of sp³-hybridized carbons (Fsp3) is 0.222. The molecule has 0 fully saturated rings. The van der Waals surface area contributed by atoms with Gasteiger partial charge < -0.3 is 10.2 Å². The third-order valence-corrected chi connectivity index (χ3v) is 4.47. The van der Waals surface area contributed by atoms with Gasteiger partial charge in [-0.1, -0.05) is 23.2 Å². The molecule has 1 aliphatic rings. The molecule has 8 heteroatoms. The van der Waals surface area contributed by atoms with Crippen molar-refractivity contribution in [1.82, 2.24) is 14.9 Å². The van der Waals surface area contributed by atoms with Crippen molar-refractivity contribution in [3.63, 3.8) is 0 Å². The van der Waals surface area contributed by atoms with E-state index >= 15 is 0 Å². The van der Waals surface area contributed by atoms with Crippen LogP contribution >= 0.6 is 11.6 Å². The highest BCUT2D eigenvalue weighted by Gasteiger charge is 2.19. The smallest absolute Gasteiger partial charge is 0.261 e. The van der Waals surface area contributed by atoms with Gasteiger partial charge in [-0.05, 0) is 31.1 Å². The first-order valence-corrected chi connectivity index (χ1v) is 8.28. The van der Waals surface area contributed by atoms with Gasteiger partial charge in [0.25, 0.3) is 5.91 Å². The maximum atomic E-state index is 13.8. The molecule has 0 radical (unpaired) electrons. The van der Waals surface area contributed by atoms with Gasteiger partial charge in [0.2, 0.25) is 0 Å². The summed E-state index contributed by atoms with van der Waals surface area (Å²) in [5, 5.41) is 11.6. The van der Waals surface area contributed by atoms with Gasteiger partial charge in [0.15, 0.2) is 12.0 Å². The van der Waals surface area contributed by atoms with Gasteiger partial charge in [-0.25, -0.2) is 9.37 Å². The van der Waals surface area contributed by atoms with Crippen LogP contribution in [0.5, 0.6) is 0 Å². The van der Waals surface area contributed by atoms with E-state index in [2.05, 4.69) is 21.5 Å². The maximum absolute atomic E-state index is 13.8. The van der Waals surface area contributed by atoms with Crippen LogP contribution in [0.15, 0.2) is 36.2 Å². The fourth-order valence-corrected chi connectivity index (χ4v) is 2.93. The van der Waals surface area contributed by atoms with Crippen molar-refractivity contribution in [3.05, 3.63) is 58.3 Å². The molecule has 0 atom stereocenters. The minimum Gasteiger partial charge on any atom is -0.306 e. The lowest BCUT2D eigenvalue weighted by molar-refractivity contribution is 0.102. The highest BCUT2D eigenvalue weighted by Crippen LogP contribution is 2.25. The number of amides is 1. The monoisotopic (exact) mass is 371 g/mol.